The molecule has 0 saturated carbocycles. The van der Waals surface area contributed by atoms with Crippen LogP contribution in [0, 0.1) is 12.7 Å². The van der Waals surface area contributed by atoms with Crippen LogP contribution in [0.2, 0.25) is 0 Å². The number of hydrogen-bond donors (Lipinski definition) is 2. The topological polar surface area (TPSA) is 44.4 Å². The predicted molar refractivity (Wildman–Crippen MR) is 100 cm³/mol. The summed E-state index contributed by atoms with van der Waals surface area (Å²) in [6, 6.07) is 12.3. The standard InChI is InChI=1S/C18H21BrFN3O/c1-3-23(15-6-4-5-13(2)11-15)10-9-21-18(24)22-17-8-7-14(19)12-16(17)20/h4-8,11-12H,3,9-10H2,1-2H3,(H2,21,22,24). The van der Waals surface area contributed by atoms with Gasteiger partial charge in [0.2, 0.25) is 0 Å². The number of nitrogens with one attached hydrogen (secondary N) is 2. The molecule has 2 rings (SSSR count). The van der Waals surface area contributed by atoms with E-state index in [1.54, 1.807) is 6.07 Å². The van der Waals surface area contributed by atoms with E-state index < -0.39 is 11.8 Å². The number of amides is 2. The van der Waals surface area contributed by atoms with Crippen molar-refractivity contribution in [2.75, 3.05) is 29.9 Å². The summed E-state index contributed by atoms with van der Waals surface area (Å²) in [4.78, 5) is 14.1. The van der Waals surface area contributed by atoms with Crippen LogP contribution in [0.3, 0.4) is 0 Å². The van der Waals surface area contributed by atoms with Gasteiger partial charge in [-0.1, -0.05) is 28.1 Å². The van der Waals surface area contributed by atoms with Gasteiger partial charge >= 0.3 is 6.03 Å². The van der Waals surface area contributed by atoms with E-state index in [2.05, 4.69) is 57.4 Å². The van der Waals surface area contributed by atoms with Crippen molar-refractivity contribution in [1.29, 1.82) is 0 Å². The Morgan fingerprint density at radius 1 is 1.25 bits per heavy atom. The Kier molecular flexibility index (Phi) is 6.61. The highest BCUT2D eigenvalue weighted by Crippen LogP contribution is 2.19. The molecule has 0 bridgehead atoms. The molecule has 0 heterocycles. The summed E-state index contributed by atoms with van der Waals surface area (Å²) in [5, 5.41) is 5.27. The van der Waals surface area contributed by atoms with Gasteiger partial charge in [-0.05, 0) is 49.7 Å². The number of hydrogen-bond acceptors (Lipinski definition) is 2. The average Bonchev–Trinajstić information content (AvgIpc) is 2.54. The highest BCUT2D eigenvalue weighted by atomic mass is 79.9. The lowest BCUT2D eigenvalue weighted by Gasteiger charge is -2.23. The van der Waals surface area contributed by atoms with Crippen LogP contribution < -0.4 is 15.5 Å². The quantitative estimate of drug-likeness (QED) is 0.756. The molecule has 0 aliphatic heterocycles. The van der Waals surface area contributed by atoms with E-state index in [4.69, 9.17) is 0 Å². The molecule has 2 aromatic carbocycles. The minimum atomic E-state index is -0.477. The number of benzene rings is 2. The monoisotopic (exact) mass is 393 g/mol. The molecule has 0 fully saturated rings. The van der Waals surface area contributed by atoms with Crippen LogP contribution in [0.15, 0.2) is 46.9 Å². The fraction of sp³-hybridized carbons (Fsp3) is 0.278. The fourth-order valence-electron chi connectivity index (χ4n) is 2.36. The second-order valence-corrected chi connectivity index (χ2v) is 6.34. The highest BCUT2D eigenvalue weighted by molar-refractivity contribution is 9.10. The molecule has 2 aromatic rings. The number of carbonyl (C=O) groups excluding carboxylic acids is 1. The number of halogens is 2. The minimum Gasteiger partial charge on any atom is -0.370 e. The van der Waals surface area contributed by atoms with Gasteiger partial charge in [0.05, 0.1) is 5.69 Å². The Morgan fingerprint density at radius 3 is 2.71 bits per heavy atom. The maximum atomic E-state index is 13.7. The predicted octanol–water partition coefficient (Wildman–Crippen LogP) is 4.54. The highest BCUT2D eigenvalue weighted by Gasteiger charge is 2.08. The number of carbonyl (C=O) groups is 1. The lowest BCUT2D eigenvalue weighted by molar-refractivity contribution is 0.252. The Hall–Kier alpha value is -2.08. The second-order valence-electron chi connectivity index (χ2n) is 5.42. The Balaban J connectivity index is 1.85. The zero-order chi connectivity index (χ0) is 17.5. The van der Waals surface area contributed by atoms with Gasteiger partial charge in [-0.2, -0.15) is 0 Å². The summed E-state index contributed by atoms with van der Waals surface area (Å²) in [5.41, 5.74) is 2.47. The summed E-state index contributed by atoms with van der Waals surface area (Å²) in [6.07, 6.45) is 0. The zero-order valence-corrected chi connectivity index (χ0v) is 15.4. The molecule has 128 valence electrons. The number of anilines is 2. The molecule has 24 heavy (non-hydrogen) atoms. The van der Waals surface area contributed by atoms with E-state index in [0.29, 0.717) is 17.6 Å². The first kappa shape index (κ1) is 18.3. The summed E-state index contributed by atoms with van der Waals surface area (Å²) >= 11 is 3.18. The van der Waals surface area contributed by atoms with Gasteiger partial charge in [-0.3, -0.25) is 0 Å². The summed E-state index contributed by atoms with van der Waals surface area (Å²) in [6.45, 7) is 6.10. The van der Waals surface area contributed by atoms with Crippen molar-refractivity contribution in [3.05, 3.63) is 58.3 Å². The van der Waals surface area contributed by atoms with Crippen LogP contribution in [0.25, 0.3) is 0 Å². The zero-order valence-electron chi connectivity index (χ0n) is 13.8. The molecule has 0 aliphatic carbocycles. The molecule has 2 N–H and O–H groups in total. The van der Waals surface area contributed by atoms with Crippen molar-refractivity contribution >= 4 is 33.3 Å². The van der Waals surface area contributed by atoms with Crippen molar-refractivity contribution in [2.45, 2.75) is 13.8 Å². The van der Waals surface area contributed by atoms with Crippen molar-refractivity contribution in [3.63, 3.8) is 0 Å². The molecule has 0 aromatic heterocycles. The number of aryl methyl sites for hydroxylation is 1. The van der Waals surface area contributed by atoms with Crippen LogP contribution in [0.4, 0.5) is 20.6 Å². The van der Waals surface area contributed by atoms with Crippen LogP contribution in [-0.2, 0) is 0 Å². The van der Waals surface area contributed by atoms with Gasteiger partial charge < -0.3 is 15.5 Å². The van der Waals surface area contributed by atoms with E-state index in [9.17, 15) is 9.18 Å². The molecule has 0 atom stereocenters. The number of likely N-dealkylation sites (N-methyl/N-ethyl adjacent to an activating group) is 1. The maximum absolute atomic E-state index is 13.7. The lowest BCUT2D eigenvalue weighted by Crippen LogP contribution is -2.37. The van der Waals surface area contributed by atoms with Gasteiger partial charge in [-0.25, -0.2) is 9.18 Å². The molecule has 6 heteroatoms. The van der Waals surface area contributed by atoms with E-state index >= 15 is 0 Å². The normalized spacial score (nSPS) is 10.3. The molecular weight excluding hydrogens is 373 g/mol. The van der Waals surface area contributed by atoms with Gasteiger partial charge in [0.25, 0.3) is 0 Å². The first-order valence-corrected chi connectivity index (χ1v) is 8.60. The van der Waals surface area contributed by atoms with E-state index in [-0.39, 0.29) is 5.69 Å². The summed E-state index contributed by atoms with van der Waals surface area (Å²) in [5.74, 6) is -0.477. The SMILES string of the molecule is CCN(CCNC(=O)Nc1ccc(Br)cc1F)c1cccc(C)c1. The molecule has 0 spiro atoms. The van der Waals surface area contributed by atoms with Gasteiger partial charge in [0.1, 0.15) is 5.82 Å². The van der Waals surface area contributed by atoms with Crippen molar-refractivity contribution in [2.24, 2.45) is 0 Å². The van der Waals surface area contributed by atoms with Crippen molar-refractivity contribution < 1.29 is 9.18 Å². The molecule has 4 nitrogen and oxygen atoms in total. The number of nitrogens with zero attached hydrogens (tertiary/aromatic N) is 1. The number of rotatable bonds is 6. The first-order chi connectivity index (χ1) is 11.5. The second kappa shape index (κ2) is 8.68. The average molecular weight is 394 g/mol. The van der Waals surface area contributed by atoms with E-state index in [1.165, 1.54) is 17.7 Å². The first-order valence-electron chi connectivity index (χ1n) is 7.81. The molecule has 0 radical (unpaired) electrons. The van der Waals surface area contributed by atoms with Crippen LogP contribution in [-0.4, -0.2) is 25.7 Å². The van der Waals surface area contributed by atoms with Crippen molar-refractivity contribution in [1.82, 2.24) is 5.32 Å². The van der Waals surface area contributed by atoms with Crippen LogP contribution in [0.5, 0.6) is 0 Å². The van der Waals surface area contributed by atoms with Crippen molar-refractivity contribution in [3.8, 4) is 0 Å². The summed E-state index contributed by atoms with van der Waals surface area (Å²) < 4.78 is 14.3. The fourth-order valence-corrected chi connectivity index (χ4v) is 2.69. The Bertz CT molecular complexity index is 708. The molecule has 0 unspecified atom stereocenters. The van der Waals surface area contributed by atoms with Gasteiger partial charge in [-0.15, -0.1) is 0 Å². The van der Waals surface area contributed by atoms with E-state index in [0.717, 1.165) is 12.2 Å². The van der Waals surface area contributed by atoms with E-state index in [1.807, 2.05) is 12.1 Å². The number of urea groups is 1. The lowest BCUT2D eigenvalue weighted by atomic mass is 10.2. The molecule has 0 aliphatic rings. The summed E-state index contributed by atoms with van der Waals surface area (Å²) in [7, 11) is 0. The minimum absolute atomic E-state index is 0.154. The third-order valence-corrected chi connectivity index (χ3v) is 4.09. The third-order valence-electron chi connectivity index (χ3n) is 3.60. The third kappa shape index (κ3) is 5.23. The molecule has 0 saturated heterocycles. The smallest absolute Gasteiger partial charge is 0.319 e. The molecule has 2 amide bonds. The van der Waals surface area contributed by atoms with Crippen LogP contribution >= 0.6 is 15.9 Å². The van der Waals surface area contributed by atoms with Crippen LogP contribution in [0.1, 0.15) is 12.5 Å². The van der Waals surface area contributed by atoms with Gasteiger partial charge in [0.15, 0.2) is 0 Å². The van der Waals surface area contributed by atoms with Gasteiger partial charge in [0, 0.05) is 29.8 Å². The largest absolute Gasteiger partial charge is 0.370 e. The Morgan fingerprint density at radius 2 is 2.04 bits per heavy atom. The maximum Gasteiger partial charge on any atom is 0.319 e. The molecular formula is C18H21BrFN3O. The Labute approximate surface area is 150 Å².